The van der Waals surface area contributed by atoms with Crippen LogP contribution in [0.25, 0.3) is 5.69 Å². The molecule has 21 heavy (non-hydrogen) atoms. The zero-order valence-corrected chi connectivity index (χ0v) is 11.7. The summed E-state index contributed by atoms with van der Waals surface area (Å²) in [6.45, 7) is 1.29. The minimum absolute atomic E-state index is 0.0717. The fourth-order valence-electron chi connectivity index (χ4n) is 1.79. The van der Waals surface area contributed by atoms with Gasteiger partial charge < -0.3 is 5.11 Å². The van der Waals surface area contributed by atoms with Crippen molar-refractivity contribution in [1.29, 1.82) is 0 Å². The van der Waals surface area contributed by atoms with E-state index in [4.69, 9.17) is 5.11 Å². The quantitative estimate of drug-likeness (QED) is 0.879. The van der Waals surface area contributed by atoms with E-state index in [0.29, 0.717) is 5.69 Å². The molecule has 4 nitrogen and oxygen atoms in total. The summed E-state index contributed by atoms with van der Waals surface area (Å²) >= 11 is 0.814. The highest BCUT2D eigenvalue weighted by Gasteiger charge is 2.38. The summed E-state index contributed by atoms with van der Waals surface area (Å²) < 4.78 is 40.0. The molecule has 0 radical (unpaired) electrons. The molecule has 0 saturated carbocycles. The Morgan fingerprint density at radius 3 is 2.48 bits per heavy atom. The van der Waals surface area contributed by atoms with Crippen molar-refractivity contribution in [3.63, 3.8) is 0 Å². The number of carbonyl (C=O) groups is 1. The first-order chi connectivity index (χ1) is 9.80. The van der Waals surface area contributed by atoms with Crippen LogP contribution in [0, 0.1) is 6.92 Å². The third-order valence-electron chi connectivity index (χ3n) is 2.67. The summed E-state index contributed by atoms with van der Waals surface area (Å²) in [6, 6.07) is 8.29. The summed E-state index contributed by atoms with van der Waals surface area (Å²) in [4.78, 5) is 10.7. The van der Waals surface area contributed by atoms with Crippen molar-refractivity contribution in [2.24, 2.45) is 0 Å². The van der Waals surface area contributed by atoms with Gasteiger partial charge in [0.25, 0.3) is 0 Å². The number of benzene rings is 1. The van der Waals surface area contributed by atoms with E-state index < -0.39 is 17.8 Å². The van der Waals surface area contributed by atoms with Crippen molar-refractivity contribution >= 4 is 17.7 Å². The van der Waals surface area contributed by atoms with Crippen molar-refractivity contribution in [3.8, 4) is 5.69 Å². The van der Waals surface area contributed by atoms with Crippen LogP contribution in [0.4, 0.5) is 13.2 Å². The van der Waals surface area contributed by atoms with E-state index in [0.717, 1.165) is 16.4 Å². The fraction of sp³-hybridized carbons (Fsp3) is 0.231. The van der Waals surface area contributed by atoms with E-state index in [1.54, 1.807) is 30.3 Å². The number of hydrogen-bond donors (Lipinski definition) is 1. The summed E-state index contributed by atoms with van der Waals surface area (Å²) in [5.41, 5.74) is -0.624. The minimum Gasteiger partial charge on any atom is -0.481 e. The van der Waals surface area contributed by atoms with Crippen LogP contribution < -0.4 is 0 Å². The Hall–Kier alpha value is -1.96. The first kappa shape index (κ1) is 15.4. The van der Waals surface area contributed by atoms with E-state index in [1.807, 2.05) is 0 Å². The highest BCUT2D eigenvalue weighted by molar-refractivity contribution is 7.99. The molecule has 0 spiro atoms. The van der Waals surface area contributed by atoms with Crippen LogP contribution in [0.2, 0.25) is 0 Å². The fourth-order valence-corrected chi connectivity index (χ4v) is 2.64. The third-order valence-corrected chi connectivity index (χ3v) is 3.81. The monoisotopic (exact) mass is 316 g/mol. The predicted molar refractivity (Wildman–Crippen MR) is 71.7 cm³/mol. The van der Waals surface area contributed by atoms with Crippen molar-refractivity contribution in [1.82, 2.24) is 9.78 Å². The molecule has 0 aliphatic carbocycles. The number of halogens is 3. The van der Waals surface area contributed by atoms with Gasteiger partial charge in [-0.25, -0.2) is 4.68 Å². The summed E-state index contributed by atoms with van der Waals surface area (Å²) in [6.07, 6.45) is -4.58. The SMILES string of the molecule is Cc1c(C(F)(F)F)nn(-c2ccccc2)c1SCC(=O)O. The number of para-hydroxylation sites is 1. The molecule has 1 N–H and O–H groups in total. The van der Waals surface area contributed by atoms with E-state index in [9.17, 15) is 18.0 Å². The number of hydrogen-bond acceptors (Lipinski definition) is 3. The average Bonchev–Trinajstić information content (AvgIpc) is 2.74. The van der Waals surface area contributed by atoms with Crippen molar-refractivity contribution < 1.29 is 23.1 Å². The highest BCUT2D eigenvalue weighted by Crippen LogP contribution is 2.36. The Balaban J connectivity index is 2.54. The van der Waals surface area contributed by atoms with Gasteiger partial charge in [0.05, 0.1) is 11.4 Å². The summed E-state index contributed by atoms with van der Waals surface area (Å²) in [5, 5.41) is 12.5. The van der Waals surface area contributed by atoms with Crippen molar-refractivity contribution in [2.45, 2.75) is 18.1 Å². The molecule has 1 aromatic carbocycles. The Morgan fingerprint density at radius 1 is 1.33 bits per heavy atom. The summed E-state index contributed by atoms with van der Waals surface area (Å²) in [5.74, 6) is -1.44. The molecule has 0 amide bonds. The Bertz CT molecular complexity index is 653. The lowest BCUT2D eigenvalue weighted by Crippen LogP contribution is -2.08. The van der Waals surface area contributed by atoms with E-state index >= 15 is 0 Å². The second-order valence-electron chi connectivity index (χ2n) is 4.21. The smallest absolute Gasteiger partial charge is 0.435 e. The van der Waals surface area contributed by atoms with Crippen molar-refractivity contribution in [3.05, 3.63) is 41.6 Å². The molecule has 8 heteroatoms. The normalized spacial score (nSPS) is 11.6. The van der Waals surface area contributed by atoms with Crippen LogP contribution in [-0.2, 0) is 11.0 Å². The largest absolute Gasteiger partial charge is 0.481 e. The van der Waals surface area contributed by atoms with Gasteiger partial charge >= 0.3 is 12.1 Å². The van der Waals surface area contributed by atoms with Gasteiger partial charge in [-0.2, -0.15) is 18.3 Å². The Morgan fingerprint density at radius 2 is 1.95 bits per heavy atom. The minimum atomic E-state index is -4.58. The first-order valence-electron chi connectivity index (χ1n) is 5.87. The molecule has 0 fully saturated rings. The van der Waals surface area contributed by atoms with Crippen LogP contribution in [0.1, 0.15) is 11.3 Å². The number of nitrogens with zero attached hydrogens (tertiary/aromatic N) is 2. The maximum absolute atomic E-state index is 13.0. The lowest BCUT2D eigenvalue weighted by molar-refractivity contribution is -0.141. The van der Waals surface area contributed by atoms with Gasteiger partial charge in [0, 0.05) is 5.56 Å². The van der Waals surface area contributed by atoms with E-state index in [1.165, 1.54) is 6.92 Å². The molecule has 1 aromatic heterocycles. The number of alkyl halides is 3. The molecular weight excluding hydrogens is 305 g/mol. The maximum Gasteiger partial charge on any atom is 0.435 e. The second-order valence-corrected chi connectivity index (χ2v) is 5.17. The maximum atomic E-state index is 13.0. The van der Waals surface area contributed by atoms with Crippen LogP contribution in [0.15, 0.2) is 35.4 Å². The number of thioether (sulfide) groups is 1. The Labute approximate surface area is 122 Å². The number of aliphatic carboxylic acids is 1. The number of carboxylic acids is 1. The zero-order valence-electron chi connectivity index (χ0n) is 10.9. The van der Waals surface area contributed by atoms with Gasteiger partial charge in [-0.3, -0.25) is 4.79 Å². The molecular formula is C13H11F3N2O2S. The summed E-state index contributed by atoms with van der Waals surface area (Å²) in [7, 11) is 0. The van der Waals surface area contributed by atoms with Crippen LogP contribution in [0.5, 0.6) is 0 Å². The highest BCUT2D eigenvalue weighted by atomic mass is 32.2. The molecule has 0 aliphatic rings. The molecule has 0 atom stereocenters. The average molecular weight is 316 g/mol. The lowest BCUT2D eigenvalue weighted by Gasteiger charge is -2.06. The van der Waals surface area contributed by atoms with Gasteiger partial charge in [0.2, 0.25) is 0 Å². The van der Waals surface area contributed by atoms with Crippen LogP contribution in [0.3, 0.4) is 0 Å². The van der Waals surface area contributed by atoms with Gasteiger partial charge in [-0.05, 0) is 19.1 Å². The molecule has 2 aromatic rings. The van der Waals surface area contributed by atoms with Gasteiger partial charge in [0.15, 0.2) is 5.69 Å². The van der Waals surface area contributed by atoms with Crippen molar-refractivity contribution in [2.75, 3.05) is 5.75 Å². The number of carboxylic acid groups (broad SMARTS) is 1. The predicted octanol–water partition coefficient (Wildman–Crippen LogP) is 3.38. The van der Waals surface area contributed by atoms with Gasteiger partial charge in [-0.1, -0.05) is 30.0 Å². The Kier molecular flexibility index (Phi) is 4.26. The van der Waals surface area contributed by atoms with Gasteiger partial charge in [-0.15, -0.1) is 0 Å². The zero-order chi connectivity index (χ0) is 15.6. The lowest BCUT2D eigenvalue weighted by atomic mass is 10.3. The number of aromatic nitrogens is 2. The first-order valence-corrected chi connectivity index (χ1v) is 6.86. The molecule has 2 rings (SSSR count). The molecule has 1 heterocycles. The molecule has 112 valence electrons. The topological polar surface area (TPSA) is 55.1 Å². The van der Waals surface area contributed by atoms with E-state index in [2.05, 4.69) is 5.10 Å². The molecule has 0 unspecified atom stereocenters. The van der Waals surface area contributed by atoms with E-state index in [-0.39, 0.29) is 16.3 Å². The van der Waals surface area contributed by atoms with Gasteiger partial charge in [0.1, 0.15) is 5.03 Å². The molecule has 0 bridgehead atoms. The standard InChI is InChI=1S/C13H11F3N2O2S/c1-8-11(13(14,15)16)17-18(9-5-3-2-4-6-9)12(8)21-7-10(19)20/h2-6H,7H2,1H3,(H,19,20). The van der Waals surface area contributed by atoms with Crippen LogP contribution in [-0.4, -0.2) is 26.6 Å². The molecule has 0 saturated heterocycles. The number of rotatable bonds is 4. The third kappa shape index (κ3) is 3.38. The van der Waals surface area contributed by atoms with Crippen LogP contribution >= 0.6 is 11.8 Å². The second kappa shape index (κ2) is 5.80. The molecule has 0 aliphatic heterocycles.